The Labute approximate surface area is 127 Å². The first-order valence-electron chi connectivity index (χ1n) is 4.91. The van der Waals surface area contributed by atoms with E-state index in [0.717, 1.165) is 9.26 Å². The van der Waals surface area contributed by atoms with Crippen molar-refractivity contribution in [1.29, 1.82) is 5.26 Å². The average molecular weight is 455 g/mol. The first-order valence-corrected chi connectivity index (χ1v) is 7.06. The maximum absolute atomic E-state index is 11.5. The molecule has 0 fully saturated rings. The molecule has 1 rings (SSSR count). The van der Waals surface area contributed by atoms with Gasteiger partial charge >= 0.3 is 0 Å². The van der Waals surface area contributed by atoms with Crippen LogP contribution in [0.15, 0.2) is 18.2 Å². The highest BCUT2D eigenvalue weighted by molar-refractivity contribution is 14.1. The number of carbonyl (C=O) groups is 1. The van der Waals surface area contributed by atoms with Crippen molar-refractivity contribution in [1.82, 2.24) is 5.32 Å². The molecule has 1 atom stereocenters. The minimum absolute atomic E-state index is 0.0368. The van der Waals surface area contributed by atoms with Crippen LogP contribution in [0.4, 0.5) is 5.69 Å². The first kappa shape index (κ1) is 14.5. The second kappa shape index (κ2) is 7.00. The van der Waals surface area contributed by atoms with E-state index in [1.807, 2.05) is 24.3 Å². The van der Waals surface area contributed by atoms with E-state index in [1.165, 1.54) is 3.57 Å². The van der Waals surface area contributed by atoms with Crippen molar-refractivity contribution in [3.8, 4) is 6.07 Å². The molecule has 0 aliphatic heterocycles. The van der Waals surface area contributed by atoms with E-state index in [1.54, 1.807) is 6.92 Å². The molecule has 1 aromatic rings. The number of carbonyl (C=O) groups excluding carboxylic acids is 1. The number of halogens is 2. The molecule has 1 unspecified atom stereocenters. The lowest BCUT2D eigenvalue weighted by Gasteiger charge is -2.14. The fourth-order valence-electron chi connectivity index (χ4n) is 1.18. The lowest BCUT2D eigenvalue weighted by molar-refractivity contribution is -0.121. The monoisotopic (exact) mass is 455 g/mol. The highest BCUT2D eigenvalue weighted by Gasteiger charge is 2.11. The minimum atomic E-state index is -0.362. The number of rotatable bonds is 4. The molecule has 4 nitrogen and oxygen atoms in total. The molecule has 0 spiro atoms. The second-order valence-electron chi connectivity index (χ2n) is 3.37. The van der Waals surface area contributed by atoms with Gasteiger partial charge in [-0.1, -0.05) is 0 Å². The van der Waals surface area contributed by atoms with Crippen LogP contribution in [-0.4, -0.2) is 18.5 Å². The molecule has 0 heterocycles. The molecule has 17 heavy (non-hydrogen) atoms. The van der Waals surface area contributed by atoms with E-state index in [0.29, 0.717) is 0 Å². The predicted molar refractivity (Wildman–Crippen MR) is 83.6 cm³/mol. The quantitative estimate of drug-likeness (QED) is 0.542. The third-order valence-corrected chi connectivity index (χ3v) is 4.90. The van der Waals surface area contributed by atoms with Gasteiger partial charge in [0.05, 0.1) is 6.07 Å². The fraction of sp³-hybridized carbons (Fsp3) is 0.273. The van der Waals surface area contributed by atoms with E-state index >= 15 is 0 Å². The summed E-state index contributed by atoms with van der Waals surface area (Å²) in [6, 6.07) is 7.41. The maximum Gasteiger partial charge on any atom is 0.243 e. The SMILES string of the molecule is CC(Nc1ccc(I)c(I)c1)C(=O)NCC#N. The van der Waals surface area contributed by atoms with Crippen LogP contribution in [0.25, 0.3) is 0 Å². The van der Waals surface area contributed by atoms with Crippen molar-refractivity contribution in [2.24, 2.45) is 0 Å². The van der Waals surface area contributed by atoms with Gasteiger partial charge in [0.1, 0.15) is 12.6 Å². The van der Waals surface area contributed by atoms with Crippen molar-refractivity contribution < 1.29 is 4.79 Å². The average Bonchev–Trinajstić information content (AvgIpc) is 2.30. The molecule has 0 saturated heterocycles. The normalized spacial score (nSPS) is 11.4. The van der Waals surface area contributed by atoms with E-state index in [-0.39, 0.29) is 18.5 Å². The molecule has 0 aromatic heterocycles. The molecule has 1 aromatic carbocycles. The number of nitriles is 1. The number of amides is 1. The molecule has 0 bridgehead atoms. The molecule has 0 aliphatic rings. The Morgan fingerprint density at radius 1 is 1.47 bits per heavy atom. The Morgan fingerprint density at radius 3 is 2.76 bits per heavy atom. The number of hydrogen-bond acceptors (Lipinski definition) is 3. The van der Waals surface area contributed by atoms with Gasteiger partial charge in [0.2, 0.25) is 5.91 Å². The van der Waals surface area contributed by atoms with Crippen LogP contribution >= 0.6 is 45.2 Å². The van der Waals surface area contributed by atoms with Crippen molar-refractivity contribution in [2.45, 2.75) is 13.0 Å². The van der Waals surface area contributed by atoms with E-state index in [4.69, 9.17) is 5.26 Å². The van der Waals surface area contributed by atoms with Gasteiger partial charge < -0.3 is 10.6 Å². The van der Waals surface area contributed by atoms with Crippen LogP contribution in [0.2, 0.25) is 0 Å². The number of benzene rings is 1. The Hall–Kier alpha value is -0.560. The van der Waals surface area contributed by atoms with Gasteiger partial charge in [0, 0.05) is 12.8 Å². The van der Waals surface area contributed by atoms with Gasteiger partial charge in [0.15, 0.2) is 0 Å². The standard InChI is InChI=1S/C11H11I2N3O/c1-7(11(17)15-5-4-14)16-8-2-3-9(12)10(13)6-8/h2-3,6-7,16H,5H2,1H3,(H,15,17). The van der Waals surface area contributed by atoms with Crippen molar-refractivity contribution >= 4 is 56.8 Å². The molecule has 0 aliphatic carbocycles. The first-order chi connectivity index (χ1) is 8.04. The van der Waals surface area contributed by atoms with Crippen LogP contribution in [0, 0.1) is 18.5 Å². The Balaban J connectivity index is 2.62. The molecule has 2 N–H and O–H groups in total. The van der Waals surface area contributed by atoms with Gasteiger partial charge in [-0.2, -0.15) is 5.26 Å². The molecule has 0 radical (unpaired) electrons. The van der Waals surface area contributed by atoms with E-state index in [9.17, 15) is 4.79 Å². The summed E-state index contributed by atoms with van der Waals surface area (Å²) in [5, 5.41) is 14.0. The lowest BCUT2D eigenvalue weighted by Crippen LogP contribution is -2.37. The highest BCUT2D eigenvalue weighted by Crippen LogP contribution is 2.19. The zero-order valence-corrected chi connectivity index (χ0v) is 13.4. The topological polar surface area (TPSA) is 64.9 Å². The Morgan fingerprint density at radius 2 is 2.18 bits per heavy atom. The third-order valence-electron chi connectivity index (χ3n) is 2.04. The zero-order valence-electron chi connectivity index (χ0n) is 9.13. The number of hydrogen-bond donors (Lipinski definition) is 2. The summed E-state index contributed by atoms with van der Waals surface area (Å²) < 4.78 is 2.31. The summed E-state index contributed by atoms with van der Waals surface area (Å²) in [6.45, 7) is 1.80. The van der Waals surface area contributed by atoms with Crippen LogP contribution in [0.3, 0.4) is 0 Å². The highest BCUT2D eigenvalue weighted by atomic mass is 127. The largest absolute Gasteiger partial charge is 0.374 e. The smallest absolute Gasteiger partial charge is 0.243 e. The molecule has 6 heteroatoms. The van der Waals surface area contributed by atoms with Gasteiger partial charge in [-0.05, 0) is 70.3 Å². The molecule has 0 saturated carbocycles. The molecular weight excluding hydrogens is 444 g/mol. The number of nitrogens with one attached hydrogen (secondary N) is 2. The summed E-state index contributed by atoms with van der Waals surface area (Å²) >= 11 is 4.50. The zero-order chi connectivity index (χ0) is 12.8. The molecular formula is C11H11I2N3O. The lowest BCUT2D eigenvalue weighted by atomic mass is 10.2. The van der Waals surface area contributed by atoms with Crippen molar-refractivity contribution in [3.05, 3.63) is 25.3 Å². The van der Waals surface area contributed by atoms with Crippen LogP contribution in [-0.2, 0) is 4.79 Å². The second-order valence-corrected chi connectivity index (χ2v) is 5.70. The van der Waals surface area contributed by atoms with Crippen LogP contribution in [0.1, 0.15) is 6.92 Å². The summed E-state index contributed by atoms with van der Waals surface area (Å²) in [5.41, 5.74) is 0.898. The Bertz CT molecular complexity index is 457. The summed E-state index contributed by atoms with van der Waals surface area (Å²) in [6.07, 6.45) is 0. The summed E-state index contributed by atoms with van der Waals surface area (Å²) in [4.78, 5) is 11.5. The van der Waals surface area contributed by atoms with Crippen molar-refractivity contribution in [3.63, 3.8) is 0 Å². The Kier molecular flexibility index (Phi) is 5.97. The maximum atomic E-state index is 11.5. The fourth-order valence-corrected chi connectivity index (χ4v) is 2.03. The van der Waals surface area contributed by atoms with Crippen LogP contribution < -0.4 is 10.6 Å². The summed E-state index contributed by atoms with van der Waals surface area (Å²) in [7, 11) is 0. The van der Waals surface area contributed by atoms with E-state index < -0.39 is 0 Å². The van der Waals surface area contributed by atoms with Crippen LogP contribution in [0.5, 0.6) is 0 Å². The summed E-state index contributed by atoms with van der Waals surface area (Å²) in [5.74, 6) is -0.180. The number of anilines is 1. The van der Waals surface area contributed by atoms with Crippen molar-refractivity contribution in [2.75, 3.05) is 11.9 Å². The molecule has 90 valence electrons. The predicted octanol–water partition coefficient (Wildman–Crippen LogP) is 2.34. The molecule has 1 amide bonds. The number of nitrogens with zero attached hydrogens (tertiary/aromatic N) is 1. The third kappa shape index (κ3) is 4.67. The van der Waals surface area contributed by atoms with Gasteiger partial charge in [-0.25, -0.2) is 0 Å². The van der Waals surface area contributed by atoms with Gasteiger partial charge in [0.25, 0.3) is 0 Å². The van der Waals surface area contributed by atoms with E-state index in [2.05, 4.69) is 55.8 Å². The van der Waals surface area contributed by atoms with Gasteiger partial charge in [-0.15, -0.1) is 0 Å². The minimum Gasteiger partial charge on any atom is -0.374 e. The van der Waals surface area contributed by atoms with Gasteiger partial charge in [-0.3, -0.25) is 4.79 Å².